The second kappa shape index (κ2) is 16.4. The number of pyridine rings is 1. The number of hydrogen-bond donors (Lipinski definition) is 1. The maximum Gasteiger partial charge on any atom is 0.148 e. The van der Waals surface area contributed by atoms with Crippen molar-refractivity contribution in [2.24, 2.45) is 0 Å². The molecule has 0 atom stereocenters. The summed E-state index contributed by atoms with van der Waals surface area (Å²) in [5.41, 5.74) is 8.95. The normalized spacial score (nSPS) is 14.5. The third-order valence-corrected chi connectivity index (χ3v) is 10.4. The summed E-state index contributed by atoms with van der Waals surface area (Å²) in [6.07, 6.45) is 1.53. The van der Waals surface area contributed by atoms with Crippen molar-refractivity contribution in [3.8, 4) is 67.5 Å². The molecular weight excluding hydrogens is 890 g/mol. The van der Waals surface area contributed by atoms with E-state index in [0.29, 0.717) is 39.3 Å². The predicted octanol–water partition coefficient (Wildman–Crippen LogP) is 14.1. The Bertz CT molecular complexity index is 3130. The number of hydrogen-bond acceptors (Lipinski definition) is 3. The zero-order valence-electron chi connectivity index (χ0n) is 42.6. The van der Waals surface area contributed by atoms with Crippen LogP contribution in [0.4, 0.5) is 0 Å². The number of rotatable bonds is 8. The molecule has 0 unspecified atom stereocenters. The molecule has 1 N–H and O–H groups in total. The third-order valence-electron chi connectivity index (χ3n) is 10.4. The van der Waals surface area contributed by atoms with Gasteiger partial charge in [-0.05, 0) is 93.8 Å². The Morgan fingerprint density at radius 2 is 1.38 bits per heavy atom. The van der Waals surface area contributed by atoms with Crippen LogP contribution in [0.3, 0.4) is 0 Å². The molecule has 8 rings (SSSR count). The SMILES string of the molecule is [2H]c1c([2H])c(C([2H])([2H])[2H])c([2H])c([2H])c1-c1ccnc(-c2[c-]c(-c3cccc4c3nc(-c3ccccc3O)n4-c3ccc(-c4c(C([2H])(C)C)cccc4C([2H])(C)C)cc3)cc(C(C)(C)C)c2)c1.[Pt]. The number of aromatic hydroxyl groups is 1. The zero-order chi connectivity index (χ0) is 47.8. The summed E-state index contributed by atoms with van der Waals surface area (Å²) in [4.78, 5) is 9.96. The summed E-state index contributed by atoms with van der Waals surface area (Å²) in [5.74, 6) is -1.27. The Morgan fingerprint density at radius 1 is 0.724 bits per heavy atom. The Balaban J connectivity index is 0.00000666. The van der Waals surface area contributed by atoms with E-state index >= 15 is 0 Å². The average Bonchev–Trinajstić information content (AvgIpc) is 3.64. The first-order chi connectivity index (χ1) is 30.9. The maximum atomic E-state index is 11.3. The second-order valence-electron chi connectivity index (χ2n) is 15.9. The number of benzene rings is 6. The van der Waals surface area contributed by atoms with Crippen LogP contribution in [0.25, 0.3) is 72.7 Å². The maximum absolute atomic E-state index is 11.3. The van der Waals surface area contributed by atoms with Gasteiger partial charge in [-0.15, -0.1) is 29.3 Å². The van der Waals surface area contributed by atoms with Crippen LogP contribution in [0, 0.1) is 12.9 Å². The molecule has 0 saturated carbocycles. The molecule has 4 nitrogen and oxygen atoms in total. The first-order valence-electron chi connectivity index (χ1n) is 23.6. The van der Waals surface area contributed by atoms with Crippen LogP contribution in [0.2, 0.25) is 0 Å². The minimum Gasteiger partial charge on any atom is -0.507 e. The summed E-state index contributed by atoms with van der Waals surface area (Å²) < 4.78 is 78.2. The van der Waals surface area contributed by atoms with Crippen LogP contribution in [0.15, 0.2) is 140 Å². The molecule has 0 saturated heterocycles. The Morgan fingerprint density at radius 3 is 2.03 bits per heavy atom. The molecule has 2 heterocycles. The van der Waals surface area contributed by atoms with E-state index in [1.165, 1.54) is 6.20 Å². The molecule has 0 bridgehead atoms. The van der Waals surface area contributed by atoms with Gasteiger partial charge in [-0.25, -0.2) is 4.98 Å². The number of nitrogens with zero attached hydrogens (tertiary/aromatic N) is 3. The van der Waals surface area contributed by atoms with E-state index in [-0.39, 0.29) is 37.8 Å². The van der Waals surface area contributed by atoms with E-state index in [2.05, 4.69) is 37.9 Å². The fraction of sp³-hybridized carbons (Fsp3) is 0.208. The van der Waals surface area contributed by atoms with Crippen molar-refractivity contribution in [2.75, 3.05) is 0 Å². The first-order valence-corrected chi connectivity index (χ1v) is 19.1. The molecule has 0 amide bonds. The van der Waals surface area contributed by atoms with Gasteiger partial charge in [-0.3, -0.25) is 9.55 Å². The van der Waals surface area contributed by atoms with Gasteiger partial charge in [-0.1, -0.05) is 150 Å². The molecule has 5 heteroatoms. The quantitative estimate of drug-likeness (QED) is 0.154. The number of aromatic nitrogens is 3. The van der Waals surface area contributed by atoms with Crippen LogP contribution in [-0.2, 0) is 26.5 Å². The van der Waals surface area contributed by atoms with Crippen LogP contribution in [0.1, 0.15) is 94.8 Å². The van der Waals surface area contributed by atoms with Gasteiger partial charge in [0.25, 0.3) is 0 Å². The molecule has 0 aliphatic heterocycles. The van der Waals surface area contributed by atoms with Gasteiger partial charge in [0.05, 0.1) is 22.1 Å². The van der Waals surface area contributed by atoms with Crippen LogP contribution >= 0.6 is 0 Å². The van der Waals surface area contributed by atoms with Crippen LogP contribution in [0.5, 0.6) is 5.75 Å². The minimum atomic E-state index is -2.83. The molecule has 0 radical (unpaired) electrons. The zero-order valence-corrected chi connectivity index (χ0v) is 35.8. The second-order valence-corrected chi connectivity index (χ2v) is 15.9. The summed E-state index contributed by atoms with van der Waals surface area (Å²) in [5, 5.41) is 11.3. The molecule has 58 heavy (non-hydrogen) atoms. The Labute approximate surface area is 370 Å². The Kier molecular flexibility index (Phi) is 8.60. The monoisotopic (exact) mass is 948 g/mol. The van der Waals surface area contributed by atoms with E-state index in [9.17, 15) is 5.11 Å². The van der Waals surface area contributed by atoms with Crippen LogP contribution < -0.4 is 0 Å². The summed E-state index contributed by atoms with van der Waals surface area (Å²) in [6.45, 7) is 10.9. The topological polar surface area (TPSA) is 50.9 Å². The number of fused-ring (bicyclic) bond motifs is 1. The van der Waals surface area contributed by atoms with Crippen molar-refractivity contribution in [1.29, 1.82) is 0 Å². The van der Waals surface area contributed by atoms with Gasteiger partial charge in [0, 0.05) is 45.5 Å². The van der Waals surface area contributed by atoms with Crippen molar-refractivity contribution >= 4 is 11.0 Å². The summed E-state index contributed by atoms with van der Waals surface area (Å²) >= 11 is 0. The molecule has 0 aliphatic carbocycles. The molecule has 0 spiro atoms. The van der Waals surface area contributed by atoms with Crippen molar-refractivity contribution in [3.05, 3.63) is 168 Å². The standard InChI is InChI=1S/C53H50N3O.Pt/c1-33(2)43-14-11-15-44(34(3)4)50(43)37-23-25-42(26-24-37)56-48-17-12-16-45(51(48)55-52(56)46-13-9-10-18-49(46)57)39-29-40(31-41(30-39)53(6,7)8)47-32-38(27-28-54-47)36-21-19-35(5)20-22-36;/h9-28,30-34,57H,1-8H3;/q-1;/i5D3,19D,20D,21D,22D,33D,34D;. The number of phenolic OH excluding ortho intramolecular Hbond substituents is 1. The number of phenols is 1. The molecular formula is C53H50N3OPt-. The van der Waals surface area contributed by atoms with Crippen molar-refractivity contribution in [3.63, 3.8) is 0 Å². The predicted molar refractivity (Wildman–Crippen MR) is 238 cm³/mol. The molecule has 0 aliphatic rings. The van der Waals surface area contributed by atoms with Gasteiger partial charge in [0.15, 0.2) is 0 Å². The van der Waals surface area contributed by atoms with Crippen molar-refractivity contribution in [2.45, 2.75) is 72.5 Å². The Hall–Kier alpha value is -5.57. The number of imidazole rings is 1. The molecule has 294 valence electrons. The van der Waals surface area contributed by atoms with E-state index < -0.39 is 48.4 Å². The molecule has 2 aromatic heterocycles. The van der Waals surface area contributed by atoms with Crippen molar-refractivity contribution < 1.29 is 38.5 Å². The smallest absolute Gasteiger partial charge is 0.148 e. The molecule has 0 fully saturated rings. The summed E-state index contributed by atoms with van der Waals surface area (Å²) in [6, 6.07) is 35.6. The fourth-order valence-corrected chi connectivity index (χ4v) is 7.37. The van der Waals surface area contributed by atoms with Gasteiger partial charge < -0.3 is 5.11 Å². The van der Waals surface area contributed by atoms with E-state index in [1.54, 1.807) is 24.3 Å². The van der Waals surface area contributed by atoms with E-state index in [4.69, 9.17) is 17.3 Å². The van der Waals surface area contributed by atoms with Crippen LogP contribution in [-0.4, -0.2) is 19.6 Å². The average molecular weight is 949 g/mol. The molecule has 8 aromatic rings. The number of para-hydroxylation sites is 2. The largest absolute Gasteiger partial charge is 0.507 e. The molecule has 6 aromatic carbocycles. The fourth-order valence-electron chi connectivity index (χ4n) is 7.37. The van der Waals surface area contributed by atoms with Gasteiger partial charge in [-0.2, -0.15) is 0 Å². The van der Waals surface area contributed by atoms with Crippen molar-refractivity contribution in [1.82, 2.24) is 14.5 Å². The minimum absolute atomic E-state index is 0. The first kappa shape index (κ1) is 30.5. The van der Waals surface area contributed by atoms with Gasteiger partial charge >= 0.3 is 0 Å². The summed E-state index contributed by atoms with van der Waals surface area (Å²) in [7, 11) is 0. The van der Waals surface area contributed by atoms with Gasteiger partial charge in [0.1, 0.15) is 11.6 Å². The third kappa shape index (κ3) is 7.83. The van der Waals surface area contributed by atoms with E-state index in [1.807, 2.05) is 111 Å². The van der Waals surface area contributed by atoms with E-state index in [0.717, 1.165) is 44.6 Å². The van der Waals surface area contributed by atoms with Gasteiger partial charge in [0.2, 0.25) is 0 Å².